The molecule has 0 spiro atoms. The highest BCUT2D eigenvalue weighted by atomic mass is 16.5. The highest BCUT2D eigenvalue weighted by molar-refractivity contribution is 5.91. The van der Waals surface area contributed by atoms with Crippen LogP contribution in [0.5, 0.6) is 28.7 Å². The van der Waals surface area contributed by atoms with Crippen molar-refractivity contribution in [2.75, 3.05) is 27.4 Å². The highest BCUT2D eigenvalue weighted by Gasteiger charge is 2.37. The highest BCUT2D eigenvalue weighted by Crippen LogP contribution is 2.51. The quantitative estimate of drug-likeness (QED) is 0.337. The van der Waals surface area contributed by atoms with Crippen LogP contribution in [0.25, 0.3) is 6.08 Å². The second-order valence-electron chi connectivity index (χ2n) is 8.44. The minimum absolute atomic E-state index is 0.0173. The third-order valence-corrected chi connectivity index (χ3v) is 6.14. The van der Waals surface area contributed by atoms with Gasteiger partial charge in [0.25, 0.3) is 0 Å². The molecule has 2 unspecified atom stereocenters. The van der Waals surface area contributed by atoms with Gasteiger partial charge in [-0.1, -0.05) is 18.2 Å². The molecule has 4 rings (SSSR count). The molecule has 0 bridgehead atoms. The van der Waals surface area contributed by atoms with Crippen molar-refractivity contribution in [1.29, 1.82) is 0 Å². The maximum atomic E-state index is 12.3. The van der Waals surface area contributed by atoms with Crippen LogP contribution < -0.4 is 19.5 Å². The Hall–Kier alpha value is -4.17. The number of aliphatic hydroxyl groups excluding tert-OH is 1. The molecule has 0 saturated carbocycles. The summed E-state index contributed by atoms with van der Waals surface area (Å²) in [5.41, 5.74) is 3.25. The van der Waals surface area contributed by atoms with Gasteiger partial charge in [-0.2, -0.15) is 0 Å². The largest absolute Gasteiger partial charge is 0.508 e. The van der Waals surface area contributed by atoms with E-state index in [2.05, 4.69) is 5.32 Å². The first-order chi connectivity index (χ1) is 17.4. The lowest BCUT2D eigenvalue weighted by Crippen LogP contribution is -2.23. The Kier molecular flexibility index (Phi) is 7.65. The first kappa shape index (κ1) is 24.9. The van der Waals surface area contributed by atoms with Crippen LogP contribution in [0, 0.1) is 0 Å². The molecular weight excluding hydrogens is 462 g/mol. The summed E-state index contributed by atoms with van der Waals surface area (Å²) >= 11 is 0. The molecule has 2 atom stereocenters. The summed E-state index contributed by atoms with van der Waals surface area (Å²) in [6.45, 7) is 0.286. The van der Waals surface area contributed by atoms with Gasteiger partial charge in [-0.05, 0) is 65.6 Å². The number of carbonyl (C=O) groups excluding carboxylic acids is 1. The van der Waals surface area contributed by atoms with Crippen molar-refractivity contribution in [1.82, 2.24) is 5.32 Å². The monoisotopic (exact) mass is 491 g/mol. The lowest BCUT2D eigenvalue weighted by molar-refractivity contribution is -0.116. The average molecular weight is 492 g/mol. The van der Waals surface area contributed by atoms with Gasteiger partial charge in [-0.3, -0.25) is 4.79 Å². The summed E-state index contributed by atoms with van der Waals surface area (Å²) in [4.78, 5) is 12.3. The fourth-order valence-electron chi connectivity index (χ4n) is 4.26. The lowest BCUT2D eigenvalue weighted by Gasteiger charge is -2.18. The van der Waals surface area contributed by atoms with Crippen LogP contribution in [0.15, 0.2) is 60.7 Å². The number of aliphatic hydroxyl groups is 1. The molecule has 3 aromatic carbocycles. The van der Waals surface area contributed by atoms with E-state index in [4.69, 9.17) is 14.2 Å². The van der Waals surface area contributed by atoms with E-state index in [0.29, 0.717) is 30.2 Å². The topological polar surface area (TPSA) is 117 Å². The average Bonchev–Trinajstić information content (AvgIpc) is 3.27. The molecule has 0 aliphatic carbocycles. The van der Waals surface area contributed by atoms with Crippen molar-refractivity contribution in [3.05, 3.63) is 82.9 Å². The Morgan fingerprint density at radius 1 is 1.03 bits per heavy atom. The Morgan fingerprint density at radius 2 is 1.78 bits per heavy atom. The Labute approximate surface area is 209 Å². The lowest BCUT2D eigenvalue weighted by atomic mass is 9.90. The zero-order valence-electron chi connectivity index (χ0n) is 20.1. The number of methoxy groups -OCH3 is 2. The third kappa shape index (κ3) is 5.39. The molecular formula is C28H29NO7. The van der Waals surface area contributed by atoms with Gasteiger partial charge in [0.1, 0.15) is 11.9 Å². The van der Waals surface area contributed by atoms with Crippen LogP contribution in [-0.2, 0) is 11.2 Å². The maximum Gasteiger partial charge on any atom is 0.244 e. The minimum Gasteiger partial charge on any atom is -0.508 e. The van der Waals surface area contributed by atoms with Gasteiger partial charge in [0.05, 0.1) is 26.7 Å². The van der Waals surface area contributed by atoms with Crippen molar-refractivity contribution in [2.45, 2.75) is 18.4 Å². The van der Waals surface area contributed by atoms with Gasteiger partial charge >= 0.3 is 0 Å². The molecule has 188 valence electrons. The molecule has 0 fully saturated rings. The van der Waals surface area contributed by atoms with Crippen LogP contribution in [0.2, 0.25) is 0 Å². The fourth-order valence-corrected chi connectivity index (χ4v) is 4.26. The van der Waals surface area contributed by atoms with E-state index in [9.17, 15) is 20.1 Å². The minimum atomic E-state index is -0.504. The molecule has 1 aliphatic rings. The van der Waals surface area contributed by atoms with Crippen LogP contribution in [0.3, 0.4) is 0 Å². The van der Waals surface area contributed by atoms with E-state index < -0.39 is 6.10 Å². The van der Waals surface area contributed by atoms with Crippen LogP contribution in [0.1, 0.15) is 34.3 Å². The van der Waals surface area contributed by atoms with Crippen LogP contribution >= 0.6 is 0 Å². The molecule has 1 amide bonds. The Balaban J connectivity index is 1.49. The van der Waals surface area contributed by atoms with Gasteiger partial charge in [-0.15, -0.1) is 0 Å². The zero-order valence-corrected chi connectivity index (χ0v) is 20.1. The summed E-state index contributed by atoms with van der Waals surface area (Å²) in [5.74, 6) is 0.946. The van der Waals surface area contributed by atoms with Gasteiger partial charge in [0, 0.05) is 18.2 Å². The number of nitrogens with one attached hydrogen (secondary N) is 1. The van der Waals surface area contributed by atoms with Gasteiger partial charge in [0.2, 0.25) is 5.91 Å². The van der Waals surface area contributed by atoms with E-state index in [1.54, 1.807) is 36.4 Å². The van der Waals surface area contributed by atoms with Crippen molar-refractivity contribution in [3.63, 3.8) is 0 Å². The van der Waals surface area contributed by atoms with E-state index in [-0.39, 0.29) is 29.9 Å². The number of phenolic OH excluding ortho intramolecular Hbond substituents is 2. The maximum absolute atomic E-state index is 12.3. The fraction of sp³-hybridized carbons (Fsp3) is 0.250. The predicted octanol–water partition coefficient (Wildman–Crippen LogP) is 3.70. The van der Waals surface area contributed by atoms with Gasteiger partial charge < -0.3 is 34.8 Å². The van der Waals surface area contributed by atoms with E-state index in [0.717, 1.165) is 22.3 Å². The summed E-state index contributed by atoms with van der Waals surface area (Å²) in [6.07, 6.45) is 3.27. The van der Waals surface area contributed by atoms with Crippen molar-refractivity contribution in [3.8, 4) is 28.7 Å². The second-order valence-corrected chi connectivity index (χ2v) is 8.44. The number of hydrogen-bond acceptors (Lipinski definition) is 7. The summed E-state index contributed by atoms with van der Waals surface area (Å²) in [7, 11) is 3.01. The Bertz CT molecular complexity index is 1250. The molecule has 8 heteroatoms. The molecule has 1 heterocycles. The number of carbonyl (C=O) groups is 1. The SMILES string of the molecule is COc1cc(C2Oc3c(OC)cc(C=CC(=O)NCCc4ccc(O)cc4)cc3C2CO)ccc1O. The molecule has 3 aromatic rings. The van der Waals surface area contributed by atoms with Gasteiger partial charge in [-0.25, -0.2) is 0 Å². The molecule has 0 saturated heterocycles. The second kappa shape index (κ2) is 11.0. The summed E-state index contributed by atoms with van der Waals surface area (Å²) in [6, 6.07) is 15.4. The number of fused-ring (bicyclic) bond motifs is 1. The summed E-state index contributed by atoms with van der Waals surface area (Å²) in [5, 5.41) is 32.3. The Morgan fingerprint density at radius 3 is 2.47 bits per heavy atom. The van der Waals surface area contributed by atoms with Crippen molar-refractivity contribution in [2.24, 2.45) is 0 Å². The molecule has 1 aliphatic heterocycles. The van der Waals surface area contributed by atoms with E-state index in [1.807, 2.05) is 18.2 Å². The number of benzene rings is 3. The van der Waals surface area contributed by atoms with E-state index >= 15 is 0 Å². The van der Waals surface area contributed by atoms with Crippen LogP contribution in [-0.4, -0.2) is 48.6 Å². The molecule has 0 aromatic heterocycles. The predicted molar refractivity (Wildman–Crippen MR) is 135 cm³/mol. The smallest absolute Gasteiger partial charge is 0.244 e. The molecule has 0 radical (unpaired) electrons. The molecule has 36 heavy (non-hydrogen) atoms. The van der Waals surface area contributed by atoms with Crippen molar-refractivity contribution < 1.29 is 34.3 Å². The number of amides is 1. The number of hydrogen-bond donors (Lipinski definition) is 4. The number of phenols is 2. The number of aromatic hydroxyl groups is 2. The normalized spacial score (nSPS) is 16.4. The third-order valence-electron chi connectivity index (χ3n) is 6.14. The standard InChI is InChI=1S/C28H29NO7/c1-34-24-15-19(6-9-23(24)32)27-22(16-30)21-13-18(14-25(35-2)28(21)36-27)5-10-26(33)29-12-11-17-3-7-20(31)8-4-17/h3-10,13-15,22,27,30-32H,11-12,16H2,1-2H3,(H,29,33). The van der Waals surface area contributed by atoms with Crippen LogP contribution in [0.4, 0.5) is 0 Å². The first-order valence-corrected chi connectivity index (χ1v) is 11.5. The number of ether oxygens (including phenoxy) is 3. The zero-order chi connectivity index (χ0) is 25.7. The number of rotatable bonds is 9. The van der Waals surface area contributed by atoms with Crippen molar-refractivity contribution >= 4 is 12.0 Å². The molecule has 8 nitrogen and oxygen atoms in total. The van der Waals surface area contributed by atoms with Gasteiger partial charge in [0.15, 0.2) is 23.0 Å². The van der Waals surface area contributed by atoms with E-state index in [1.165, 1.54) is 26.4 Å². The summed E-state index contributed by atoms with van der Waals surface area (Å²) < 4.78 is 17.0. The molecule has 4 N–H and O–H groups in total. The first-order valence-electron chi connectivity index (χ1n) is 11.5.